The monoisotopic (exact) mass is 527 g/mol. The Morgan fingerprint density at radius 2 is 1.71 bits per heavy atom. The van der Waals surface area contributed by atoms with E-state index in [0.717, 1.165) is 0 Å². The number of hydrogen-bond acceptors (Lipinski definition) is 9. The van der Waals surface area contributed by atoms with Crippen LogP contribution in [0.5, 0.6) is 0 Å². The Kier molecular flexibility index (Phi) is 13.1. The van der Waals surface area contributed by atoms with Gasteiger partial charge in [0.2, 0.25) is 5.95 Å². The number of H-pyrrole nitrogens is 1. The molecule has 0 aliphatic carbocycles. The van der Waals surface area contributed by atoms with E-state index in [9.17, 15) is 9.90 Å². The fourth-order valence-electron chi connectivity index (χ4n) is 2.54. The zero-order chi connectivity index (χ0) is 24.0. The molecule has 2 heterocycles. The smallest absolute Gasteiger partial charge is 0.338 e. The number of nitrogens with one attached hydrogen (secondary N) is 2. The number of imidazole rings is 1. The summed E-state index contributed by atoms with van der Waals surface area (Å²) in [5, 5.41) is 61.1. The Bertz CT molecular complexity index is 1010. The average Bonchev–Trinajstić information content (AvgIpc) is 3.40. The highest BCUT2D eigenvalue weighted by Crippen LogP contribution is 2.27. The molecule has 0 spiro atoms. The Balaban J connectivity index is 0.000000651. The number of aliphatic hydroxyl groups excluding tert-OH is 5. The molecule has 14 nitrogen and oxygen atoms in total. The van der Waals surface area contributed by atoms with E-state index >= 15 is 0 Å². The lowest BCUT2D eigenvalue weighted by Gasteiger charge is -2.25. The van der Waals surface area contributed by atoms with E-state index in [1.165, 1.54) is 17.1 Å². The highest BCUT2D eigenvalue weighted by Gasteiger charge is 2.29. The van der Waals surface area contributed by atoms with Gasteiger partial charge in [-0.05, 0) is 19.2 Å². The van der Waals surface area contributed by atoms with Gasteiger partial charge in [0.05, 0.1) is 45.5 Å². The van der Waals surface area contributed by atoms with Gasteiger partial charge in [0.15, 0.2) is 0 Å². The van der Waals surface area contributed by atoms with Gasteiger partial charge in [0.25, 0.3) is 0 Å². The molecule has 0 fully saturated rings. The Hall–Kier alpha value is -2.37. The lowest BCUT2D eigenvalue weighted by Crippen LogP contribution is -2.48. The summed E-state index contributed by atoms with van der Waals surface area (Å²) < 4.78 is 1.34. The van der Waals surface area contributed by atoms with Crippen molar-refractivity contribution >= 4 is 40.2 Å². The molecule has 0 bridgehead atoms. The van der Waals surface area contributed by atoms with Crippen LogP contribution in [-0.4, -0.2) is 112 Å². The maximum Gasteiger partial charge on any atom is 0.338 e. The number of carboxylic acids is 1. The number of carboxylic acid groups (broad SMARTS) is 1. The predicted octanol–water partition coefficient (Wildman–Crippen LogP) is -2.25. The van der Waals surface area contributed by atoms with E-state index in [1.807, 2.05) is 0 Å². The van der Waals surface area contributed by atoms with Crippen LogP contribution >= 0.6 is 23.2 Å². The summed E-state index contributed by atoms with van der Waals surface area (Å²) in [4.78, 5) is 18.0. The molecule has 1 aromatic carbocycles. The van der Waals surface area contributed by atoms with Crippen molar-refractivity contribution in [1.82, 2.24) is 25.1 Å². The molecule has 0 saturated heterocycles. The summed E-state index contributed by atoms with van der Waals surface area (Å²) in [6.45, 7) is -0.569. The molecular formula is C18H27Cl2N5O9. The molecule has 34 heavy (non-hydrogen) atoms. The standard InChI is InChI=1S/C11H6Cl2N4O2.C7H17NO5.2H2O/c12-6-1-8-9(2-7(6)13)16-11(15-8)17-4-5(3-14-17)10(18)19;1-8-2-4(10)6(12)7(13)5(11)3-9;;/h1-4H,(H,15,16)(H,18,19);4-13H,2-3H2,1H3;2*1H2/t;4-,5+,6+,7+;;/m.0../s1. The second-order valence-electron chi connectivity index (χ2n) is 6.68. The van der Waals surface area contributed by atoms with Crippen molar-refractivity contribution in [3.8, 4) is 5.95 Å². The molecule has 3 rings (SSSR count). The van der Waals surface area contributed by atoms with Gasteiger partial charge < -0.3 is 51.9 Å². The van der Waals surface area contributed by atoms with Crippen LogP contribution in [0.15, 0.2) is 24.5 Å². The van der Waals surface area contributed by atoms with E-state index in [2.05, 4.69) is 20.4 Å². The van der Waals surface area contributed by atoms with Crippen LogP contribution in [0, 0.1) is 0 Å². The van der Waals surface area contributed by atoms with Crippen molar-refractivity contribution in [2.75, 3.05) is 20.2 Å². The van der Waals surface area contributed by atoms with Gasteiger partial charge in [-0.15, -0.1) is 0 Å². The van der Waals surface area contributed by atoms with Gasteiger partial charge in [-0.2, -0.15) is 5.10 Å². The minimum absolute atomic E-state index is 0. The molecule has 0 unspecified atom stereocenters. The third kappa shape index (κ3) is 7.85. The first-order valence-corrected chi connectivity index (χ1v) is 9.95. The van der Waals surface area contributed by atoms with E-state index < -0.39 is 37.0 Å². The summed E-state index contributed by atoms with van der Waals surface area (Å²) in [6, 6.07) is 3.28. The van der Waals surface area contributed by atoms with Crippen LogP contribution < -0.4 is 5.32 Å². The fraction of sp³-hybridized carbons (Fsp3) is 0.389. The van der Waals surface area contributed by atoms with Crippen LogP contribution in [-0.2, 0) is 0 Å². The number of carbonyl (C=O) groups is 1. The predicted molar refractivity (Wildman–Crippen MR) is 122 cm³/mol. The largest absolute Gasteiger partial charge is 0.478 e. The summed E-state index contributed by atoms with van der Waals surface area (Å²) in [6.07, 6.45) is -3.04. The molecule has 2 aromatic heterocycles. The first-order valence-electron chi connectivity index (χ1n) is 9.19. The minimum Gasteiger partial charge on any atom is -0.478 e. The first-order chi connectivity index (χ1) is 15.1. The molecule has 4 atom stereocenters. The SMILES string of the molecule is CNC[C@H](O)[C@@H](O)[C@H](O)[C@H](O)CO.O.O.O=C(O)c1cnn(-c2nc3cc(Cl)c(Cl)cc3[nH]2)c1. The van der Waals surface area contributed by atoms with Gasteiger partial charge in [-0.1, -0.05) is 23.2 Å². The molecule has 12 N–H and O–H groups in total. The lowest BCUT2D eigenvalue weighted by atomic mass is 10.0. The fourth-order valence-corrected chi connectivity index (χ4v) is 2.86. The first kappa shape index (κ1) is 31.6. The van der Waals surface area contributed by atoms with Crippen molar-refractivity contribution in [3.63, 3.8) is 0 Å². The maximum atomic E-state index is 10.8. The highest BCUT2D eigenvalue weighted by atomic mass is 35.5. The number of aromatic amines is 1. The number of rotatable bonds is 8. The van der Waals surface area contributed by atoms with E-state index in [-0.39, 0.29) is 23.1 Å². The van der Waals surface area contributed by atoms with Crippen LogP contribution in [0.25, 0.3) is 17.0 Å². The lowest BCUT2D eigenvalue weighted by molar-refractivity contribution is -0.113. The topological polar surface area (TPSA) is 260 Å². The number of aromatic nitrogens is 4. The van der Waals surface area contributed by atoms with Gasteiger partial charge in [0, 0.05) is 12.7 Å². The van der Waals surface area contributed by atoms with Gasteiger partial charge in [0.1, 0.15) is 18.3 Å². The van der Waals surface area contributed by atoms with Crippen molar-refractivity contribution in [2.24, 2.45) is 0 Å². The number of nitrogens with zero attached hydrogens (tertiary/aromatic N) is 3. The molecule has 0 aliphatic heterocycles. The summed E-state index contributed by atoms with van der Waals surface area (Å²) in [5.41, 5.74) is 1.39. The minimum atomic E-state index is -1.55. The number of aromatic carboxylic acids is 1. The van der Waals surface area contributed by atoms with Crippen molar-refractivity contribution in [1.29, 1.82) is 0 Å². The maximum absolute atomic E-state index is 10.8. The summed E-state index contributed by atoms with van der Waals surface area (Å²) in [5.74, 6) is -0.658. The van der Waals surface area contributed by atoms with Crippen LogP contribution in [0.4, 0.5) is 0 Å². The van der Waals surface area contributed by atoms with Gasteiger partial charge >= 0.3 is 5.97 Å². The molecule has 0 saturated carbocycles. The van der Waals surface area contributed by atoms with Crippen molar-refractivity contribution in [3.05, 3.63) is 40.1 Å². The van der Waals surface area contributed by atoms with E-state index in [4.69, 9.17) is 48.7 Å². The van der Waals surface area contributed by atoms with Crippen LogP contribution in [0.2, 0.25) is 10.0 Å². The third-order valence-corrected chi connectivity index (χ3v) is 5.02. The third-order valence-electron chi connectivity index (χ3n) is 4.30. The number of benzene rings is 1. The molecule has 192 valence electrons. The van der Waals surface area contributed by atoms with E-state index in [0.29, 0.717) is 27.0 Å². The number of hydrogen-bond donors (Lipinski definition) is 8. The summed E-state index contributed by atoms with van der Waals surface area (Å²) >= 11 is 11.8. The van der Waals surface area contributed by atoms with E-state index in [1.54, 1.807) is 19.2 Å². The Morgan fingerprint density at radius 3 is 2.24 bits per heavy atom. The molecule has 0 amide bonds. The molecule has 0 radical (unpaired) electrons. The number of fused-ring (bicyclic) bond motifs is 1. The summed E-state index contributed by atoms with van der Waals surface area (Å²) in [7, 11) is 1.57. The second kappa shape index (κ2) is 14.1. The Labute approximate surface area is 202 Å². The van der Waals surface area contributed by atoms with Crippen LogP contribution in [0.3, 0.4) is 0 Å². The molecule has 16 heteroatoms. The van der Waals surface area contributed by atoms with Gasteiger partial charge in [-0.25, -0.2) is 14.5 Å². The van der Waals surface area contributed by atoms with Crippen LogP contribution in [0.1, 0.15) is 10.4 Å². The number of aliphatic hydroxyl groups is 5. The number of halogens is 2. The van der Waals surface area contributed by atoms with Crippen molar-refractivity contribution < 1.29 is 46.4 Å². The normalized spacial score (nSPS) is 14.1. The van der Waals surface area contributed by atoms with Gasteiger partial charge in [-0.3, -0.25) is 0 Å². The molecular weight excluding hydrogens is 501 g/mol. The average molecular weight is 528 g/mol. The zero-order valence-electron chi connectivity index (χ0n) is 17.7. The second-order valence-corrected chi connectivity index (χ2v) is 7.49. The molecule has 0 aliphatic rings. The molecule has 3 aromatic rings. The number of likely N-dealkylation sites (N-methyl/N-ethyl adjacent to an activating group) is 1. The zero-order valence-corrected chi connectivity index (χ0v) is 19.2. The quantitative estimate of drug-likeness (QED) is 0.156. The highest BCUT2D eigenvalue weighted by molar-refractivity contribution is 6.42. The Morgan fingerprint density at radius 1 is 1.12 bits per heavy atom. The van der Waals surface area contributed by atoms with Crippen molar-refractivity contribution in [2.45, 2.75) is 24.4 Å².